The van der Waals surface area contributed by atoms with E-state index in [2.05, 4.69) is 43.6 Å². The maximum atomic E-state index is 5.74. The smallest absolute Gasteiger partial charge is 0.120 e. The Labute approximate surface area is 121 Å². The van der Waals surface area contributed by atoms with Gasteiger partial charge in [-0.15, -0.1) is 0 Å². The largest absolute Gasteiger partial charge is 0.491 e. The Hall–Kier alpha value is -0.670. The second kappa shape index (κ2) is 7.20. The third-order valence-corrected chi connectivity index (χ3v) is 4.76. The molecule has 2 atom stereocenters. The average molecular weight is 279 g/mol. The highest BCUT2D eigenvalue weighted by Crippen LogP contribution is 2.28. The molecule has 0 aliphatic heterocycles. The van der Waals surface area contributed by atoms with Gasteiger partial charge in [0.15, 0.2) is 0 Å². The molecule has 2 nitrogen and oxygen atoms in total. The minimum atomic E-state index is 0.235. The Morgan fingerprint density at radius 2 is 2.21 bits per heavy atom. The van der Waals surface area contributed by atoms with E-state index in [0.717, 1.165) is 17.5 Å². The van der Waals surface area contributed by atoms with Crippen molar-refractivity contribution in [2.24, 2.45) is 0 Å². The summed E-state index contributed by atoms with van der Waals surface area (Å²) in [5.41, 5.74) is 1.31. The zero-order valence-corrected chi connectivity index (χ0v) is 13.0. The van der Waals surface area contributed by atoms with Crippen LogP contribution in [-0.4, -0.2) is 23.7 Å². The van der Waals surface area contributed by atoms with Gasteiger partial charge in [0.25, 0.3) is 0 Å². The Bertz CT molecular complexity index is 394. The first kappa shape index (κ1) is 14.7. The van der Waals surface area contributed by atoms with Crippen molar-refractivity contribution in [2.75, 3.05) is 6.26 Å². The predicted molar refractivity (Wildman–Crippen MR) is 84.0 cm³/mol. The van der Waals surface area contributed by atoms with Gasteiger partial charge in [-0.1, -0.05) is 18.6 Å². The lowest BCUT2D eigenvalue weighted by atomic mass is 10.2. The number of ether oxygens (including phenoxy) is 1. The third-order valence-electron chi connectivity index (χ3n) is 3.59. The van der Waals surface area contributed by atoms with Crippen LogP contribution in [0.5, 0.6) is 5.75 Å². The van der Waals surface area contributed by atoms with Gasteiger partial charge in [0.1, 0.15) is 5.75 Å². The van der Waals surface area contributed by atoms with E-state index in [1.807, 2.05) is 17.8 Å². The summed E-state index contributed by atoms with van der Waals surface area (Å²) in [5.74, 6) is 0.974. The molecule has 1 fully saturated rings. The lowest BCUT2D eigenvalue weighted by Gasteiger charge is -2.19. The molecule has 0 radical (unpaired) electrons. The molecule has 3 heteroatoms. The van der Waals surface area contributed by atoms with Crippen molar-refractivity contribution >= 4 is 11.8 Å². The first-order chi connectivity index (χ1) is 9.19. The normalized spacial score (nSPS) is 22.9. The Morgan fingerprint density at radius 1 is 1.37 bits per heavy atom. The average Bonchev–Trinajstić information content (AvgIpc) is 2.83. The quantitative estimate of drug-likeness (QED) is 0.854. The monoisotopic (exact) mass is 279 g/mol. The number of rotatable bonds is 6. The van der Waals surface area contributed by atoms with E-state index in [1.165, 1.54) is 24.8 Å². The summed E-state index contributed by atoms with van der Waals surface area (Å²) in [5, 5.41) is 4.49. The van der Waals surface area contributed by atoms with Crippen LogP contribution in [0.25, 0.3) is 0 Å². The maximum absolute atomic E-state index is 5.74. The van der Waals surface area contributed by atoms with Crippen LogP contribution in [0.15, 0.2) is 24.3 Å². The summed E-state index contributed by atoms with van der Waals surface area (Å²) < 4.78 is 5.74. The zero-order valence-electron chi connectivity index (χ0n) is 12.2. The van der Waals surface area contributed by atoms with Crippen LogP contribution in [0.4, 0.5) is 0 Å². The fourth-order valence-corrected chi connectivity index (χ4v) is 3.65. The van der Waals surface area contributed by atoms with Crippen molar-refractivity contribution in [2.45, 2.75) is 57.1 Å². The molecule has 1 N–H and O–H groups in total. The molecule has 0 spiro atoms. The van der Waals surface area contributed by atoms with Gasteiger partial charge in [0.2, 0.25) is 0 Å². The molecule has 1 aliphatic carbocycles. The lowest BCUT2D eigenvalue weighted by molar-refractivity contribution is 0.242. The van der Waals surface area contributed by atoms with E-state index < -0.39 is 0 Å². The van der Waals surface area contributed by atoms with Crippen LogP contribution in [0.3, 0.4) is 0 Å². The summed E-state index contributed by atoms with van der Waals surface area (Å²) in [7, 11) is 0. The molecule has 1 saturated carbocycles. The number of nitrogens with one attached hydrogen (secondary N) is 1. The highest BCUT2D eigenvalue weighted by molar-refractivity contribution is 7.99. The van der Waals surface area contributed by atoms with Gasteiger partial charge in [-0.05, 0) is 50.6 Å². The number of hydrogen-bond acceptors (Lipinski definition) is 3. The van der Waals surface area contributed by atoms with Crippen LogP contribution in [0.2, 0.25) is 0 Å². The third kappa shape index (κ3) is 4.43. The SMILES string of the molecule is CSC1CCCC1NCc1cccc(OC(C)C)c1. The van der Waals surface area contributed by atoms with Crippen LogP contribution >= 0.6 is 11.8 Å². The minimum absolute atomic E-state index is 0.235. The zero-order chi connectivity index (χ0) is 13.7. The molecule has 0 aromatic heterocycles. The molecule has 1 aromatic carbocycles. The Morgan fingerprint density at radius 3 is 2.95 bits per heavy atom. The standard InChI is InChI=1S/C16H25NOS/c1-12(2)18-14-7-4-6-13(10-14)11-17-15-8-5-9-16(15)19-3/h4,6-7,10,12,15-17H,5,8-9,11H2,1-3H3. The van der Waals surface area contributed by atoms with Gasteiger partial charge in [0, 0.05) is 17.8 Å². The fraction of sp³-hybridized carbons (Fsp3) is 0.625. The molecule has 1 aliphatic rings. The molecule has 0 heterocycles. The highest BCUT2D eigenvalue weighted by atomic mass is 32.2. The molecule has 106 valence electrons. The van der Waals surface area contributed by atoms with Crippen LogP contribution in [-0.2, 0) is 6.54 Å². The van der Waals surface area contributed by atoms with Crippen LogP contribution in [0.1, 0.15) is 38.7 Å². The molecule has 0 amide bonds. The second-order valence-corrected chi connectivity index (χ2v) is 6.58. The summed E-state index contributed by atoms with van der Waals surface area (Å²) in [6, 6.07) is 9.10. The molecule has 19 heavy (non-hydrogen) atoms. The predicted octanol–water partition coefficient (Wildman–Crippen LogP) is 3.85. The molecule has 1 aromatic rings. The number of benzene rings is 1. The Kier molecular flexibility index (Phi) is 5.59. The first-order valence-electron chi connectivity index (χ1n) is 7.21. The van der Waals surface area contributed by atoms with Crippen molar-refractivity contribution in [3.05, 3.63) is 29.8 Å². The second-order valence-electron chi connectivity index (χ2n) is 5.51. The maximum Gasteiger partial charge on any atom is 0.120 e. The number of hydrogen-bond donors (Lipinski definition) is 1. The van der Waals surface area contributed by atoms with Crippen molar-refractivity contribution < 1.29 is 4.74 Å². The first-order valence-corrected chi connectivity index (χ1v) is 8.49. The molecule has 0 bridgehead atoms. The molecule has 2 unspecified atom stereocenters. The van der Waals surface area contributed by atoms with E-state index in [1.54, 1.807) is 0 Å². The van der Waals surface area contributed by atoms with E-state index >= 15 is 0 Å². The molecular formula is C16H25NOS. The summed E-state index contributed by atoms with van der Waals surface area (Å²) in [6.45, 7) is 5.07. The van der Waals surface area contributed by atoms with E-state index in [4.69, 9.17) is 4.74 Å². The Balaban J connectivity index is 1.88. The van der Waals surface area contributed by atoms with E-state index in [-0.39, 0.29) is 6.10 Å². The van der Waals surface area contributed by atoms with E-state index in [9.17, 15) is 0 Å². The van der Waals surface area contributed by atoms with Crippen molar-refractivity contribution in [1.82, 2.24) is 5.32 Å². The molecule has 2 rings (SSSR count). The van der Waals surface area contributed by atoms with Crippen LogP contribution in [0, 0.1) is 0 Å². The summed E-state index contributed by atoms with van der Waals surface area (Å²) >= 11 is 2.00. The molecule has 0 saturated heterocycles. The minimum Gasteiger partial charge on any atom is -0.491 e. The van der Waals surface area contributed by atoms with Crippen molar-refractivity contribution in [3.8, 4) is 5.75 Å². The lowest BCUT2D eigenvalue weighted by Crippen LogP contribution is -2.33. The van der Waals surface area contributed by atoms with Crippen LogP contribution < -0.4 is 10.1 Å². The van der Waals surface area contributed by atoms with E-state index in [0.29, 0.717) is 6.04 Å². The van der Waals surface area contributed by atoms with Gasteiger partial charge >= 0.3 is 0 Å². The van der Waals surface area contributed by atoms with Crippen molar-refractivity contribution in [3.63, 3.8) is 0 Å². The van der Waals surface area contributed by atoms with Gasteiger partial charge in [-0.3, -0.25) is 0 Å². The van der Waals surface area contributed by atoms with Crippen molar-refractivity contribution in [1.29, 1.82) is 0 Å². The number of thioether (sulfide) groups is 1. The summed E-state index contributed by atoms with van der Waals surface area (Å²) in [6.07, 6.45) is 6.49. The van der Waals surface area contributed by atoms with Gasteiger partial charge < -0.3 is 10.1 Å². The fourth-order valence-electron chi connectivity index (χ4n) is 2.69. The van der Waals surface area contributed by atoms with Gasteiger partial charge in [-0.2, -0.15) is 11.8 Å². The highest BCUT2D eigenvalue weighted by Gasteiger charge is 2.25. The molecular weight excluding hydrogens is 254 g/mol. The van der Waals surface area contributed by atoms with Gasteiger partial charge in [-0.25, -0.2) is 0 Å². The topological polar surface area (TPSA) is 21.3 Å². The summed E-state index contributed by atoms with van der Waals surface area (Å²) in [4.78, 5) is 0. The van der Waals surface area contributed by atoms with Gasteiger partial charge in [0.05, 0.1) is 6.10 Å².